The Balaban J connectivity index is 1.88. The van der Waals surface area contributed by atoms with Gasteiger partial charge in [0.15, 0.2) is 0 Å². The van der Waals surface area contributed by atoms with Crippen molar-refractivity contribution in [2.45, 2.75) is 13.0 Å². The van der Waals surface area contributed by atoms with Gasteiger partial charge < -0.3 is 4.90 Å². The van der Waals surface area contributed by atoms with Crippen molar-refractivity contribution in [2.75, 3.05) is 13.6 Å². The van der Waals surface area contributed by atoms with Gasteiger partial charge >= 0.3 is 0 Å². The molecule has 0 aliphatic carbocycles. The highest BCUT2D eigenvalue weighted by molar-refractivity contribution is 9.10. The minimum atomic E-state index is -0.189. The van der Waals surface area contributed by atoms with Crippen molar-refractivity contribution >= 4 is 27.3 Å². The van der Waals surface area contributed by atoms with E-state index in [0.29, 0.717) is 0 Å². The van der Waals surface area contributed by atoms with Crippen molar-refractivity contribution in [1.29, 1.82) is 0 Å². The summed E-state index contributed by atoms with van der Waals surface area (Å²) in [4.78, 5) is 3.60. The smallest absolute Gasteiger partial charge is 0.124 e. The van der Waals surface area contributed by atoms with Gasteiger partial charge in [-0.1, -0.05) is 22.0 Å². The van der Waals surface area contributed by atoms with Crippen LogP contribution in [0, 0.1) is 5.82 Å². The Bertz CT molecular complexity index is 478. The Morgan fingerprint density at radius 1 is 1.33 bits per heavy atom. The molecular formula is C14H15BrFNS. The molecule has 2 aromatic rings. The zero-order chi connectivity index (χ0) is 13.0. The van der Waals surface area contributed by atoms with Gasteiger partial charge in [-0.3, -0.25) is 0 Å². The van der Waals surface area contributed by atoms with Crippen molar-refractivity contribution < 1.29 is 4.39 Å². The SMILES string of the molecule is CN(CCc1cccs1)Cc1cc(F)cc(Br)c1. The number of thiophene rings is 1. The fourth-order valence-corrected chi connectivity index (χ4v) is 3.06. The van der Waals surface area contributed by atoms with Crippen LogP contribution in [-0.4, -0.2) is 18.5 Å². The standard InChI is InChI=1S/C14H15BrFNS/c1-17(5-4-14-3-2-6-18-14)10-11-7-12(15)9-13(16)8-11/h2-3,6-9H,4-5,10H2,1H3. The molecule has 0 radical (unpaired) electrons. The molecule has 0 saturated carbocycles. The van der Waals surface area contributed by atoms with Gasteiger partial charge in [0.25, 0.3) is 0 Å². The fraction of sp³-hybridized carbons (Fsp3) is 0.286. The van der Waals surface area contributed by atoms with E-state index in [4.69, 9.17) is 0 Å². The van der Waals surface area contributed by atoms with Crippen LogP contribution in [0.4, 0.5) is 4.39 Å². The first-order valence-electron chi connectivity index (χ1n) is 5.79. The topological polar surface area (TPSA) is 3.24 Å². The minimum absolute atomic E-state index is 0.189. The molecule has 0 N–H and O–H groups in total. The molecule has 1 heterocycles. The average molecular weight is 328 g/mol. The van der Waals surface area contributed by atoms with E-state index < -0.39 is 0 Å². The summed E-state index contributed by atoms with van der Waals surface area (Å²) in [6.07, 6.45) is 1.05. The van der Waals surface area contributed by atoms with E-state index in [-0.39, 0.29) is 5.82 Å². The second kappa shape index (κ2) is 6.45. The van der Waals surface area contributed by atoms with Crippen molar-refractivity contribution in [3.63, 3.8) is 0 Å². The van der Waals surface area contributed by atoms with Crippen molar-refractivity contribution in [1.82, 2.24) is 4.90 Å². The van der Waals surface area contributed by atoms with Gasteiger partial charge in [-0.2, -0.15) is 0 Å². The number of likely N-dealkylation sites (N-methyl/N-ethyl adjacent to an activating group) is 1. The Morgan fingerprint density at radius 2 is 2.17 bits per heavy atom. The highest BCUT2D eigenvalue weighted by Crippen LogP contribution is 2.16. The Hall–Kier alpha value is -0.710. The second-order valence-corrected chi connectivity index (χ2v) is 6.29. The molecule has 1 aromatic carbocycles. The lowest BCUT2D eigenvalue weighted by Crippen LogP contribution is -2.20. The number of hydrogen-bond acceptors (Lipinski definition) is 2. The summed E-state index contributed by atoms with van der Waals surface area (Å²) in [7, 11) is 2.06. The average Bonchev–Trinajstić information content (AvgIpc) is 2.77. The predicted octanol–water partition coefficient (Wildman–Crippen LogP) is 4.32. The van der Waals surface area contributed by atoms with Crippen LogP contribution in [0.2, 0.25) is 0 Å². The third-order valence-corrected chi connectivity index (χ3v) is 4.09. The molecule has 0 atom stereocenters. The lowest BCUT2D eigenvalue weighted by atomic mass is 10.2. The summed E-state index contributed by atoms with van der Waals surface area (Å²) in [5, 5.41) is 2.10. The van der Waals surface area contributed by atoms with Crippen molar-refractivity contribution in [3.05, 3.63) is 56.4 Å². The lowest BCUT2D eigenvalue weighted by Gasteiger charge is -2.16. The first-order chi connectivity index (χ1) is 8.63. The summed E-state index contributed by atoms with van der Waals surface area (Å²) in [5.74, 6) is -0.189. The maximum Gasteiger partial charge on any atom is 0.124 e. The van der Waals surface area contributed by atoms with E-state index in [1.165, 1.54) is 10.9 Å². The largest absolute Gasteiger partial charge is 0.302 e. The van der Waals surface area contributed by atoms with Crippen molar-refractivity contribution in [3.8, 4) is 0 Å². The summed E-state index contributed by atoms with van der Waals surface area (Å²) in [6, 6.07) is 9.26. The molecule has 0 saturated heterocycles. The summed E-state index contributed by atoms with van der Waals surface area (Å²) >= 11 is 5.10. The van der Waals surface area contributed by atoms with Crippen LogP contribution in [-0.2, 0) is 13.0 Å². The third kappa shape index (κ3) is 4.19. The number of rotatable bonds is 5. The minimum Gasteiger partial charge on any atom is -0.302 e. The molecule has 0 aliphatic rings. The van der Waals surface area contributed by atoms with E-state index in [9.17, 15) is 4.39 Å². The van der Waals surface area contributed by atoms with Gasteiger partial charge in [0.1, 0.15) is 5.82 Å². The molecule has 18 heavy (non-hydrogen) atoms. The van der Waals surface area contributed by atoms with Crippen LogP contribution in [0.1, 0.15) is 10.4 Å². The molecule has 2 rings (SSSR count). The molecule has 0 unspecified atom stereocenters. The van der Waals surface area contributed by atoms with E-state index >= 15 is 0 Å². The quantitative estimate of drug-likeness (QED) is 0.790. The van der Waals surface area contributed by atoms with Gasteiger partial charge in [0.05, 0.1) is 0 Å². The lowest BCUT2D eigenvalue weighted by molar-refractivity contribution is 0.331. The van der Waals surface area contributed by atoms with Crippen LogP contribution in [0.25, 0.3) is 0 Å². The van der Waals surface area contributed by atoms with Crippen LogP contribution >= 0.6 is 27.3 Å². The predicted molar refractivity (Wildman–Crippen MR) is 78.5 cm³/mol. The van der Waals surface area contributed by atoms with E-state index in [1.54, 1.807) is 17.4 Å². The molecule has 96 valence electrons. The van der Waals surface area contributed by atoms with E-state index in [1.807, 2.05) is 6.07 Å². The van der Waals surface area contributed by atoms with Crippen LogP contribution in [0.5, 0.6) is 0 Å². The molecule has 0 amide bonds. The van der Waals surface area contributed by atoms with Gasteiger partial charge in [0.2, 0.25) is 0 Å². The first kappa shape index (κ1) is 13.7. The third-order valence-electron chi connectivity index (χ3n) is 2.69. The molecule has 0 fully saturated rings. The molecule has 0 spiro atoms. The molecule has 4 heteroatoms. The van der Waals surface area contributed by atoms with E-state index in [2.05, 4.69) is 45.4 Å². The summed E-state index contributed by atoms with van der Waals surface area (Å²) in [6.45, 7) is 1.75. The van der Waals surface area contributed by atoms with Gasteiger partial charge in [-0.25, -0.2) is 4.39 Å². The van der Waals surface area contributed by atoms with Crippen molar-refractivity contribution in [2.24, 2.45) is 0 Å². The number of nitrogens with zero attached hydrogens (tertiary/aromatic N) is 1. The van der Waals surface area contributed by atoms with Crippen LogP contribution in [0.3, 0.4) is 0 Å². The first-order valence-corrected chi connectivity index (χ1v) is 7.46. The van der Waals surface area contributed by atoms with Gasteiger partial charge in [-0.15, -0.1) is 11.3 Å². The fourth-order valence-electron chi connectivity index (χ4n) is 1.85. The highest BCUT2D eigenvalue weighted by atomic mass is 79.9. The maximum atomic E-state index is 13.2. The normalized spacial score (nSPS) is 11.1. The molecule has 1 aromatic heterocycles. The Kier molecular flexibility index (Phi) is 4.92. The molecule has 1 nitrogen and oxygen atoms in total. The number of halogens is 2. The zero-order valence-corrected chi connectivity index (χ0v) is 12.6. The monoisotopic (exact) mass is 327 g/mol. The zero-order valence-electron chi connectivity index (χ0n) is 10.2. The second-order valence-electron chi connectivity index (χ2n) is 4.34. The summed E-state index contributed by atoms with van der Waals surface area (Å²) in [5.41, 5.74) is 0.996. The molecular weight excluding hydrogens is 313 g/mol. The van der Waals surface area contributed by atoms with Gasteiger partial charge in [-0.05, 0) is 48.7 Å². The van der Waals surface area contributed by atoms with Crippen LogP contribution in [0.15, 0.2) is 40.2 Å². The summed E-state index contributed by atoms with van der Waals surface area (Å²) < 4.78 is 14.0. The Labute approximate surface area is 119 Å². The number of hydrogen-bond donors (Lipinski definition) is 0. The Morgan fingerprint density at radius 3 is 2.83 bits per heavy atom. The molecule has 0 bridgehead atoms. The number of benzene rings is 1. The molecule has 0 aliphatic heterocycles. The van der Waals surface area contributed by atoms with Gasteiger partial charge in [0, 0.05) is 22.4 Å². The highest BCUT2D eigenvalue weighted by Gasteiger charge is 2.04. The maximum absolute atomic E-state index is 13.2. The van der Waals surface area contributed by atoms with Crippen LogP contribution < -0.4 is 0 Å². The van der Waals surface area contributed by atoms with E-state index in [0.717, 1.165) is 29.5 Å².